The van der Waals surface area contributed by atoms with Gasteiger partial charge in [-0.2, -0.15) is 0 Å². The Morgan fingerprint density at radius 2 is 1.74 bits per heavy atom. The van der Waals surface area contributed by atoms with Crippen molar-refractivity contribution < 1.29 is 5.11 Å². The molecule has 0 heterocycles. The minimum absolute atomic E-state index is 0.436. The molecule has 0 aliphatic carbocycles. The summed E-state index contributed by atoms with van der Waals surface area (Å²) in [6, 6.07) is 12.5. The number of hydrogen-bond acceptors (Lipinski definition) is 1. The van der Waals surface area contributed by atoms with Crippen molar-refractivity contribution in [3.8, 4) is 0 Å². The summed E-state index contributed by atoms with van der Waals surface area (Å²) in [4.78, 5) is 0. The van der Waals surface area contributed by atoms with Gasteiger partial charge in [-0.15, -0.1) is 0 Å². The van der Waals surface area contributed by atoms with E-state index in [1.54, 1.807) is 0 Å². The van der Waals surface area contributed by atoms with Crippen molar-refractivity contribution in [1.82, 2.24) is 0 Å². The molecular weight excluding hydrogens is 347 g/mol. The predicted molar refractivity (Wildman–Crippen MR) is 88.5 cm³/mol. The van der Waals surface area contributed by atoms with E-state index < -0.39 is 6.10 Å². The Kier molecular flexibility index (Phi) is 4.63. The van der Waals surface area contributed by atoms with Gasteiger partial charge in [0.25, 0.3) is 0 Å². The van der Waals surface area contributed by atoms with Crippen molar-refractivity contribution in [3.05, 3.63) is 67.8 Å². The van der Waals surface area contributed by atoms with E-state index >= 15 is 0 Å². The van der Waals surface area contributed by atoms with Crippen molar-refractivity contribution in [2.45, 2.75) is 33.3 Å². The van der Waals surface area contributed by atoms with E-state index in [0.29, 0.717) is 6.42 Å². The Morgan fingerprint density at radius 3 is 2.42 bits per heavy atom. The van der Waals surface area contributed by atoms with Crippen LogP contribution in [0.1, 0.15) is 33.9 Å². The predicted octanol–water partition coefficient (Wildman–Crippen LogP) is 4.49. The summed E-state index contributed by atoms with van der Waals surface area (Å²) in [5, 5.41) is 10.4. The zero-order chi connectivity index (χ0) is 14.0. The highest BCUT2D eigenvalue weighted by Crippen LogP contribution is 2.26. The lowest BCUT2D eigenvalue weighted by Crippen LogP contribution is -2.05. The third kappa shape index (κ3) is 3.37. The Balaban J connectivity index is 2.23. The summed E-state index contributed by atoms with van der Waals surface area (Å²) in [6.45, 7) is 6.30. The third-order valence-corrected chi connectivity index (χ3v) is 5.05. The van der Waals surface area contributed by atoms with Crippen molar-refractivity contribution in [3.63, 3.8) is 0 Å². The monoisotopic (exact) mass is 366 g/mol. The molecule has 0 aliphatic heterocycles. The maximum absolute atomic E-state index is 10.4. The minimum Gasteiger partial charge on any atom is -0.388 e. The van der Waals surface area contributed by atoms with Gasteiger partial charge in [0.05, 0.1) is 6.10 Å². The molecule has 2 aromatic rings. The normalized spacial score (nSPS) is 12.5. The van der Waals surface area contributed by atoms with Crippen LogP contribution in [0.4, 0.5) is 0 Å². The fourth-order valence-electron chi connectivity index (χ4n) is 2.19. The molecule has 1 N–H and O–H groups in total. The standard InChI is InChI=1S/C17H19IO/c1-11-7-8-14(9-13(11)3)10-16(19)15-6-4-5-12(2)17(15)18/h4-9,16,19H,10H2,1-3H3. The molecular formula is C17H19IO. The van der Waals surface area contributed by atoms with Gasteiger partial charge in [-0.1, -0.05) is 36.4 Å². The molecule has 2 heteroatoms. The first-order valence-electron chi connectivity index (χ1n) is 6.48. The number of rotatable bonds is 3. The molecule has 2 aromatic carbocycles. The van der Waals surface area contributed by atoms with Crippen molar-refractivity contribution >= 4 is 22.6 Å². The number of halogens is 1. The smallest absolute Gasteiger partial charge is 0.0840 e. The van der Waals surface area contributed by atoms with Gasteiger partial charge < -0.3 is 5.11 Å². The Labute approximate surface area is 128 Å². The molecule has 0 saturated heterocycles. The molecule has 0 radical (unpaired) electrons. The Morgan fingerprint density at radius 1 is 1.00 bits per heavy atom. The molecule has 19 heavy (non-hydrogen) atoms. The van der Waals surface area contributed by atoms with Crippen LogP contribution >= 0.6 is 22.6 Å². The van der Waals surface area contributed by atoms with Crippen LogP contribution in [0.5, 0.6) is 0 Å². The van der Waals surface area contributed by atoms with E-state index in [4.69, 9.17) is 0 Å². The summed E-state index contributed by atoms with van der Waals surface area (Å²) < 4.78 is 1.16. The lowest BCUT2D eigenvalue weighted by Gasteiger charge is -2.15. The second-order valence-corrected chi connectivity index (χ2v) is 6.20. The Hall–Kier alpha value is -0.870. The molecule has 0 spiro atoms. The molecule has 1 nitrogen and oxygen atoms in total. The van der Waals surface area contributed by atoms with E-state index in [0.717, 1.165) is 9.13 Å². The zero-order valence-electron chi connectivity index (χ0n) is 11.6. The maximum Gasteiger partial charge on any atom is 0.0840 e. The van der Waals surface area contributed by atoms with Crippen LogP contribution in [0, 0.1) is 24.3 Å². The lowest BCUT2D eigenvalue weighted by atomic mass is 9.98. The van der Waals surface area contributed by atoms with E-state index in [1.165, 1.54) is 22.3 Å². The molecule has 1 atom stereocenters. The highest BCUT2D eigenvalue weighted by molar-refractivity contribution is 14.1. The zero-order valence-corrected chi connectivity index (χ0v) is 13.7. The SMILES string of the molecule is Cc1ccc(CC(O)c2cccc(C)c2I)cc1C. The highest BCUT2D eigenvalue weighted by atomic mass is 127. The number of benzene rings is 2. The number of hydrogen-bond donors (Lipinski definition) is 1. The average molecular weight is 366 g/mol. The van der Waals surface area contributed by atoms with Gasteiger partial charge >= 0.3 is 0 Å². The fraction of sp³-hybridized carbons (Fsp3) is 0.294. The Bertz CT molecular complexity index is 590. The van der Waals surface area contributed by atoms with E-state index in [9.17, 15) is 5.11 Å². The summed E-state index contributed by atoms with van der Waals surface area (Å²) in [5.74, 6) is 0. The second-order valence-electron chi connectivity index (χ2n) is 5.12. The van der Waals surface area contributed by atoms with Crippen LogP contribution < -0.4 is 0 Å². The van der Waals surface area contributed by atoms with Gasteiger partial charge in [0.1, 0.15) is 0 Å². The number of aryl methyl sites for hydroxylation is 3. The van der Waals surface area contributed by atoms with Gasteiger partial charge in [-0.3, -0.25) is 0 Å². The van der Waals surface area contributed by atoms with E-state index in [1.807, 2.05) is 12.1 Å². The van der Waals surface area contributed by atoms with Crippen LogP contribution in [0.3, 0.4) is 0 Å². The first kappa shape index (κ1) is 14.5. The van der Waals surface area contributed by atoms with E-state index in [-0.39, 0.29) is 0 Å². The molecule has 1 unspecified atom stereocenters. The molecule has 0 amide bonds. The van der Waals surface area contributed by atoms with Crippen LogP contribution in [-0.2, 0) is 6.42 Å². The van der Waals surface area contributed by atoms with Crippen molar-refractivity contribution in [2.24, 2.45) is 0 Å². The lowest BCUT2D eigenvalue weighted by molar-refractivity contribution is 0.177. The summed E-state index contributed by atoms with van der Waals surface area (Å²) in [6.07, 6.45) is 0.231. The van der Waals surface area contributed by atoms with Gasteiger partial charge in [0.15, 0.2) is 0 Å². The largest absolute Gasteiger partial charge is 0.388 e. The molecule has 2 rings (SSSR count). The number of aliphatic hydroxyl groups is 1. The molecule has 0 saturated carbocycles. The van der Waals surface area contributed by atoms with Crippen molar-refractivity contribution in [2.75, 3.05) is 0 Å². The van der Waals surface area contributed by atoms with Crippen LogP contribution in [0.15, 0.2) is 36.4 Å². The molecule has 100 valence electrons. The van der Waals surface area contributed by atoms with Gasteiger partial charge in [0.2, 0.25) is 0 Å². The minimum atomic E-state index is -0.436. The average Bonchev–Trinajstić information content (AvgIpc) is 2.37. The number of aliphatic hydroxyl groups excluding tert-OH is 1. The van der Waals surface area contributed by atoms with Crippen LogP contribution in [0.2, 0.25) is 0 Å². The molecule has 0 aromatic heterocycles. The van der Waals surface area contributed by atoms with E-state index in [2.05, 4.69) is 67.6 Å². The molecule has 0 aliphatic rings. The van der Waals surface area contributed by atoms with Gasteiger partial charge in [-0.05, 0) is 71.2 Å². The second kappa shape index (κ2) is 6.06. The third-order valence-electron chi connectivity index (χ3n) is 3.58. The summed E-state index contributed by atoms with van der Waals surface area (Å²) in [5.41, 5.74) is 6.01. The van der Waals surface area contributed by atoms with Crippen LogP contribution in [-0.4, -0.2) is 5.11 Å². The topological polar surface area (TPSA) is 20.2 Å². The molecule has 0 fully saturated rings. The summed E-state index contributed by atoms with van der Waals surface area (Å²) in [7, 11) is 0. The van der Waals surface area contributed by atoms with Gasteiger partial charge in [0, 0.05) is 9.99 Å². The first-order chi connectivity index (χ1) is 8.99. The first-order valence-corrected chi connectivity index (χ1v) is 7.56. The molecule has 0 bridgehead atoms. The van der Waals surface area contributed by atoms with Gasteiger partial charge in [-0.25, -0.2) is 0 Å². The van der Waals surface area contributed by atoms with Crippen LogP contribution in [0.25, 0.3) is 0 Å². The quantitative estimate of drug-likeness (QED) is 0.794. The summed E-state index contributed by atoms with van der Waals surface area (Å²) >= 11 is 2.31. The maximum atomic E-state index is 10.4. The van der Waals surface area contributed by atoms with Crippen molar-refractivity contribution in [1.29, 1.82) is 0 Å². The fourth-order valence-corrected chi connectivity index (χ4v) is 2.91. The highest BCUT2D eigenvalue weighted by Gasteiger charge is 2.13.